The highest BCUT2D eigenvalue weighted by Gasteiger charge is 1.89. The molecule has 1 aromatic rings. The largest absolute Gasteiger partial charge is 0.269 e. The van der Waals surface area contributed by atoms with Gasteiger partial charge in [0, 0.05) is 19.0 Å². The van der Waals surface area contributed by atoms with Gasteiger partial charge in [-0.3, -0.25) is 4.68 Å². The van der Waals surface area contributed by atoms with E-state index in [-0.39, 0.29) is 0 Å². The summed E-state index contributed by atoms with van der Waals surface area (Å²) >= 11 is 4.05. The van der Waals surface area contributed by atoms with Crippen LogP contribution in [0.4, 0.5) is 0 Å². The Morgan fingerprint density at radius 2 is 2.60 bits per heavy atom. The highest BCUT2D eigenvalue weighted by molar-refractivity contribution is 7.80. The molecule has 0 radical (unpaired) electrons. The van der Waals surface area contributed by atoms with Crippen LogP contribution in [0.2, 0.25) is 0 Å². The third-order valence-corrected chi connectivity index (χ3v) is 1.46. The van der Waals surface area contributed by atoms with Crippen LogP contribution >= 0.6 is 12.6 Å². The van der Waals surface area contributed by atoms with Gasteiger partial charge < -0.3 is 0 Å². The molecule has 0 saturated carbocycles. The molecule has 0 atom stereocenters. The number of rotatable bonds is 2. The Balaban J connectivity index is 2.74. The van der Waals surface area contributed by atoms with Crippen LogP contribution in [-0.2, 0) is 7.05 Å². The highest BCUT2D eigenvalue weighted by atomic mass is 32.1. The third-order valence-electron chi connectivity index (χ3n) is 1.25. The molecule has 10 heavy (non-hydrogen) atoms. The van der Waals surface area contributed by atoms with E-state index < -0.39 is 0 Å². The first-order valence-corrected chi connectivity index (χ1v) is 3.73. The van der Waals surface area contributed by atoms with Crippen LogP contribution in [0.1, 0.15) is 5.69 Å². The molecule has 0 aliphatic heterocycles. The van der Waals surface area contributed by atoms with E-state index in [2.05, 4.69) is 17.7 Å². The molecular weight excluding hydrogens is 144 g/mol. The second-order valence-corrected chi connectivity index (χ2v) is 2.33. The maximum atomic E-state index is 4.05. The minimum Gasteiger partial charge on any atom is -0.269 e. The van der Waals surface area contributed by atoms with E-state index in [1.54, 1.807) is 6.20 Å². The summed E-state index contributed by atoms with van der Waals surface area (Å²) in [5, 5.41) is 4.01. The number of hydrogen-bond donors (Lipinski definition) is 1. The second kappa shape index (κ2) is 3.46. The van der Waals surface area contributed by atoms with E-state index >= 15 is 0 Å². The van der Waals surface area contributed by atoms with Crippen LogP contribution in [-0.4, -0.2) is 15.5 Å². The van der Waals surface area contributed by atoms with E-state index in [0.717, 1.165) is 11.4 Å². The fourth-order valence-electron chi connectivity index (χ4n) is 0.721. The van der Waals surface area contributed by atoms with Crippen LogP contribution in [0.3, 0.4) is 0 Å². The van der Waals surface area contributed by atoms with Crippen molar-refractivity contribution in [2.75, 3.05) is 5.75 Å². The van der Waals surface area contributed by atoms with Crippen molar-refractivity contribution in [2.45, 2.75) is 0 Å². The molecule has 54 valence electrons. The van der Waals surface area contributed by atoms with E-state index in [1.807, 2.05) is 29.9 Å². The van der Waals surface area contributed by atoms with Crippen molar-refractivity contribution in [2.24, 2.45) is 7.05 Å². The molecule has 0 spiro atoms. The first-order valence-electron chi connectivity index (χ1n) is 3.10. The molecular formula is C7H10N2S. The van der Waals surface area contributed by atoms with Crippen LogP contribution in [0.25, 0.3) is 6.08 Å². The van der Waals surface area contributed by atoms with Gasteiger partial charge >= 0.3 is 0 Å². The topological polar surface area (TPSA) is 17.8 Å². The minimum atomic E-state index is 0.769. The number of aryl methyl sites for hydroxylation is 1. The zero-order chi connectivity index (χ0) is 7.40. The molecule has 0 bridgehead atoms. The normalized spacial score (nSPS) is 11.0. The quantitative estimate of drug-likeness (QED) is 0.637. The summed E-state index contributed by atoms with van der Waals surface area (Å²) < 4.78 is 1.82. The molecule has 0 aliphatic rings. The lowest BCUT2D eigenvalue weighted by atomic mass is 10.4. The summed E-state index contributed by atoms with van der Waals surface area (Å²) in [6.07, 6.45) is 5.76. The zero-order valence-electron chi connectivity index (χ0n) is 5.86. The standard InChI is InChI=1S/C7H10N2S/c1-9-7(3-2-6-10)4-5-8-9/h2-5,10H,6H2,1H3. The summed E-state index contributed by atoms with van der Waals surface area (Å²) in [7, 11) is 1.91. The van der Waals surface area contributed by atoms with Gasteiger partial charge in [0.2, 0.25) is 0 Å². The van der Waals surface area contributed by atoms with Crippen LogP contribution in [0.15, 0.2) is 18.3 Å². The van der Waals surface area contributed by atoms with Crippen molar-refractivity contribution < 1.29 is 0 Å². The smallest absolute Gasteiger partial charge is 0.0603 e. The summed E-state index contributed by atoms with van der Waals surface area (Å²) in [4.78, 5) is 0. The molecule has 0 saturated heterocycles. The molecule has 0 amide bonds. The van der Waals surface area contributed by atoms with Gasteiger partial charge in [0.15, 0.2) is 0 Å². The summed E-state index contributed by atoms with van der Waals surface area (Å²) in [5.41, 5.74) is 1.11. The van der Waals surface area contributed by atoms with Crippen molar-refractivity contribution in [3.8, 4) is 0 Å². The van der Waals surface area contributed by atoms with Gasteiger partial charge in [-0.15, -0.1) is 0 Å². The molecule has 1 heterocycles. The van der Waals surface area contributed by atoms with E-state index in [9.17, 15) is 0 Å². The molecule has 0 aliphatic carbocycles. The predicted octanol–water partition coefficient (Wildman–Crippen LogP) is 1.36. The van der Waals surface area contributed by atoms with Gasteiger partial charge in [0.05, 0.1) is 5.69 Å². The summed E-state index contributed by atoms with van der Waals surface area (Å²) in [6.45, 7) is 0. The molecule has 0 unspecified atom stereocenters. The van der Waals surface area contributed by atoms with Gasteiger partial charge in [-0.05, 0) is 12.1 Å². The lowest BCUT2D eigenvalue weighted by molar-refractivity contribution is 0.759. The average molecular weight is 154 g/mol. The van der Waals surface area contributed by atoms with Gasteiger partial charge in [0.25, 0.3) is 0 Å². The fourth-order valence-corrected chi connectivity index (χ4v) is 0.827. The minimum absolute atomic E-state index is 0.769. The van der Waals surface area contributed by atoms with E-state index in [4.69, 9.17) is 0 Å². The molecule has 1 aromatic heterocycles. The lowest BCUT2D eigenvalue weighted by Crippen LogP contribution is -1.91. The Bertz CT molecular complexity index is 227. The Morgan fingerprint density at radius 1 is 1.80 bits per heavy atom. The van der Waals surface area contributed by atoms with E-state index in [0.29, 0.717) is 0 Å². The molecule has 1 rings (SSSR count). The van der Waals surface area contributed by atoms with Gasteiger partial charge in [-0.25, -0.2) is 0 Å². The van der Waals surface area contributed by atoms with Crippen molar-refractivity contribution in [3.05, 3.63) is 24.0 Å². The predicted molar refractivity (Wildman–Crippen MR) is 46.1 cm³/mol. The van der Waals surface area contributed by atoms with Crippen LogP contribution < -0.4 is 0 Å². The van der Waals surface area contributed by atoms with Gasteiger partial charge in [-0.2, -0.15) is 17.7 Å². The molecule has 0 N–H and O–H groups in total. The first kappa shape index (κ1) is 7.41. The number of nitrogens with zero attached hydrogens (tertiary/aromatic N) is 2. The maximum absolute atomic E-state index is 4.05. The fraction of sp³-hybridized carbons (Fsp3) is 0.286. The average Bonchev–Trinajstić information content (AvgIpc) is 2.31. The number of hydrogen-bond acceptors (Lipinski definition) is 2. The lowest BCUT2D eigenvalue weighted by Gasteiger charge is -1.91. The molecule has 2 nitrogen and oxygen atoms in total. The molecule has 0 fully saturated rings. The second-order valence-electron chi connectivity index (χ2n) is 1.96. The van der Waals surface area contributed by atoms with Crippen molar-refractivity contribution in [1.82, 2.24) is 9.78 Å². The van der Waals surface area contributed by atoms with Crippen molar-refractivity contribution in [3.63, 3.8) is 0 Å². The Kier molecular flexibility index (Phi) is 2.57. The van der Waals surface area contributed by atoms with Crippen LogP contribution in [0, 0.1) is 0 Å². The Morgan fingerprint density at radius 3 is 3.10 bits per heavy atom. The molecule has 3 heteroatoms. The Hall–Kier alpha value is -0.700. The summed E-state index contributed by atoms with van der Waals surface area (Å²) in [6, 6.07) is 1.96. The zero-order valence-corrected chi connectivity index (χ0v) is 6.75. The van der Waals surface area contributed by atoms with Gasteiger partial charge in [-0.1, -0.05) is 6.08 Å². The highest BCUT2D eigenvalue weighted by Crippen LogP contribution is 1.98. The maximum Gasteiger partial charge on any atom is 0.0603 e. The van der Waals surface area contributed by atoms with Crippen molar-refractivity contribution in [1.29, 1.82) is 0 Å². The third kappa shape index (κ3) is 1.64. The first-order chi connectivity index (χ1) is 4.84. The summed E-state index contributed by atoms with van der Waals surface area (Å²) in [5.74, 6) is 0.769. The number of thiol groups is 1. The number of aromatic nitrogens is 2. The Labute approximate surface area is 66.0 Å². The van der Waals surface area contributed by atoms with Crippen LogP contribution in [0.5, 0.6) is 0 Å². The van der Waals surface area contributed by atoms with Crippen molar-refractivity contribution >= 4 is 18.7 Å². The van der Waals surface area contributed by atoms with E-state index in [1.165, 1.54) is 0 Å². The SMILES string of the molecule is Cn1nccc1C=CCS. The monoisotopic (exact) mass is 154 g/mol. The molecule has 0 aromatic carbocycles. The van der Waals surface area contributed by atoms with Gasteiger partial charge in [0.1, 0.15) is 0 Å².